The molecule has 2 heterocycles. The molecule has 1 saturated heterocycles. The molecule has 4 nitrogen and oxygen atoms in total. The third kappa shape index (κ3) is 2.40. The summed E-state index contributed by atoms with van der Waals surface area (Å²) in [6.45, 7) is 2.88. The zero-order valence-electron chi connectivity index (χ0n) is 10.7. The van der Waals surface area contributed by atoms with Gasteiger partial charge in [0, 0.05) is 16.5 Å². The molecule has 5 heteroatoms. The van der Waals surface area contributed by atoms with Crippen LogP contribution < -0.4 is 11.1 Å². The molecule has 0 bridgehead atoms. The molecule has 0 aliphatic carbocycles. The third-order valence-electron chi connectivity index (χ3n) is 3.57. The quantitative estimate of drug-likeness (QED) is 0.891. The average Bonchev–Trinajstić information content (AvgIpc) is 2.79. The summed E-state index contributed by atoms with van der Waals surface area (Å²) in [5.74, 6) is 0. The monoisotopic (exact) mass is 321 g/mol. The molecule has 3 rings (SSSR count). The fraction of sp³-hybridized carbons (Fsp3) is 0.357. The Morgan fingerprint density at radius 2 is 2.32 bits per heavy atom. The van der Waals surface area contributed by atoms with Gasteiger partial charge in [0.1, 0.15) is 0 Å². The molecule has 1 aromatic carbocycles. The standard InChI is InChI=1S/C14H16BrN3O/c1-8-12(4-5-19-8)18-14-10-6-9(15)2-3-13(10)17-7-11(14)16/h2-3,6-8,12H,4-5,16H2,1H3,(H,17,18). The van der Waals surface area contributed by atoms with E-state index in [1.807, 2.05) is 18.2 Å². The van der Waals surface area contributed by atoms with Gasteiger partial charge in [-0.2, -0.15) is 0 Å². The Kier molecular flexibility index (Phi) is 3.33. The molecule has 2 atom stereocenters. The molecular weight excluding hydrogens is 306 g/mol. The lowest BCUT2D eigenvalue weighted by Crippen LogP contribution is -2.27. The number of nitrogen functional groups attached to an aromatic ring is 1. The van der Waals surface area contributed by atoms with Crippen molar-refractivity contribution in [2.24, 2.45) is 0 Å². The number of hydrogen-bond acceptors (Lipinski definition) is 4. The number of halogens is 1. The number of nitrogens with two attached hydrogens (primary N) is 1. The van der Waals surface area contributed by atoms with Gasteiger partial charge in [0.25, 0.3) is 0 Å². The highest BCUT2D eigenvalue weighted by molar-refractivity contribution is 9.10. The number of benzene rings is 1. The van der Waals surface area contributed by atoms with Crippen molar-refractivity contribution < 1.29 is 4.74 Å². The van der Waals surface area contributed by atoms with Gasteiger partial charge < -0.3 is 15.8 Å². The summed E-state index contributed by atoms with van der Waals surface area (Å²) in [7, 11) is 0. The van der Waals surface area contributed by atoms with E-state index < -0.39 is 0 Å². The van der Waals surface area contributed by atoms with Crippen molar-refractivity contribution in [2.75, 3.05) is 17.7 Å². The summed E-state index contributed by atoms with van der Waals surface area (Å²) < 4.78 is 6.60. The minimum absolute atomic E-state index is 0.203. The Morgan fingerprint density at radius 1 is 1.47 bits per heavy atom. The van der Waals surface area contributed by atoms with Crippen molar-refractivity contribution in [1.29, 1.82) is 0 Å². The molecule has 0 amide bonds. The van der Waals surface area contributed by atoms with Crippen molar-refractivity contribution in [3.8, 4) is 0 Å². The van der Waals surface area contributed by atoms with Gasteiger partial charge in [-0.1, -0.05) is 15.9 Å². The van der Waals surface area contributed by atoms with Crippen LogP contribution >= 0.6 is 15.9 Å². The van der Waals surface area contributed by atoms with Crippen LogP contribution in [-0.2, 0) is 4.74 Å². The second-order valence-corrected chi connectivity index (χ2v) is 5.78. The van der Waals surface area contributed by atoms with Crippen molar-refractivity contribution in [3.63, 3.8) is 0 Å². The molecule has 3 N–H and O–H groups in total. The first-order chi connectivity index (χ1) is 9.15. The molecule has 0 saturated carbocycles. The topological polar surface area (TPSA) is 60.2 Å². The number of pyridine rings is 1. The second-order valence-electron chi connectivity index (χ2n) is 4.87. The normalized spacial score (nSPS) is 22.8. The van der Waals surface area contributed by atoms with Crippen LogP contribution in [0.15, 0.2) is 28.9 Å². The summed E-state index contributed by atoms with van der Waals surface area (Å²) in [4.78, 5) is 4.36. The van der Waals surface area contributed by atoms with Crippen LogP contribution in [0.3, 0.4) is 0 Å². The van der Waals surface area contributed by atoms with E-state index in [1.54, 1.807) is 6.20 Å². The highest BCUT2D eigenvalue weighted by atomic mass is 79.9. The number of anilines is 2. The van der Waals surface area contributed by atoms with Gasteiger partial charge in [-0.05, 0) is 31.5 Å². The maximum atomic E-state index is 6.08. The first-order valence-electron chi connectivity index (χ1n) is 6.37. The Labute approximate surface area is 120 Å². The van der Waals surface area contributed by atoms with Crippen LogP contribution in [0.5, 0.6) is 0 Å². The van der Waals surface area contributed by atoms with Gasteiger partial charge in [0.15, 0.2) is 0 Å². The van der Waals surface area contributed by atoms with E-state index in [2.05, 4.69) is 33.2 Å². The maximum Gasteiger partial charge on any atom is 0.0748 e. The van der Waals surface area contributed by atoms with E-state index in [9.17, 15) is 0 Å². The van der Waals surface area contributed by atoms with Crippen LogP contribution in [0.25, 0.3) is 10.9 Å². The highest BCUT2D eigenvalue weighted by Crippen LogP contribution is 2.32. The molecule has 19 heavy (non-hydrogen) atoms. The van der Waals surface area contributed by atoms with Crippen molar-refractivity contribution >= 4 is 38.2 Å². The van der Waals surface area contributed by atoms with Crippen LogP contribution in [-0.4, -0.2) is 23.7 Å². The number of nitrogens with one attached hydrogen (secondary N) is 1. The fourth-order valence-corrected chi connectivity index (χ4v) is 2.81. The predicted molar refractivity (Wildman–Crippen MR) is 81.3 cm³/mol. The molecule has 1 aliphatic rings. The zero-order chi connectivity index (χ0) is 13.4. The van der Waals surface area contributed by atoms with Crippen molar-refractivity contribution in [2.45, 2.75) is 25.5 Å². The summed E-state index contributed by atoms with van der Waals surface area (Å²) in [5.41, 5.74) is 8.64. The first kappa shape index (κ1) is 12.7. The van der Waals surface area contributed by atoms with E-state index in [0.717, 1.165) is 34.1 Å². The molecule has 0 radical (unpaired) electrons. The lowest BCUT2D eigenvalue weighted by Gasteiger charge is -2.20. The molecule has 100 valence electrons. The lowest BCUT2D eigenvalue weighted by atomic mass is 10.1. The molecule has 2 unspecified atom stereocenters. The summed E-state index contributed by atoms with van der Waals surface area (Å²) >= 11 is 3.49. The Morgan fingerprint density at radius 3 is 3.05 bits per heavy atom. The molecular formula is C14H16BrN3O. The largest absolute Gasteiger partial charge is 0.396 e. The summed E-state index contributed by atoms with van der Waals surface area (Å²) in [5, 5.41) is 4.55. The number of fused-ring (bicyclic) bond motifs is 1. The van der Waals surface area contributed by atoms with Gasteiger partial charge >= 0.3 is 0 Å². The van der Waals surface area contributed by atoms with Gasteiger partial charge in [-0.15, -0.1) is 0 Å². The number of aromatic nitrogens is 1. The van der Waals surface area contributed by atoms with Gasteiger partial charge in [-0.25, -0.2) is 0 Å². The summed E-state index contributed by atoms with van der Waals surface area (Å²) in [6.07, 6.45) is 2.91. The molecule has 1 aromatic heterocycles. The number of rotatable bonds is 2. The van der Waals surface area contributed by atoms with E-state index in [-0.39, 0.29) is 6.10 Å². The van der Waals surface area contributed by atoms with Gasteiger partial charge in [0.05, 0.1) is 35.2 Å². The Bertz CT molecular complexity index is 612. The minimum Gasteiger partial charge on any atom is -0.396 e. The van der Waals surface area contributed by atoms with Crippen LogP contribution in [0, 0.1) is 0 Å². The molecule has 1 aliphatic heterocycles. The minimum atomic E-state index is 0.203. The van der Waals surface area contributed by atoms with Crippen LogP contribution in [0.4, 0.5) is 11.4 Å². The van der Waals surface area contributed by atoms with Crippen LogP contribution in [0.1, 0.15) is 13.3 Å². The summed E-state index contributed by atoms with van der Waals surface area (Å²) in [6, 6.07) is 6.31. The van der Waals surface area contributed by atoms with E-state index in [1.165, 1.54) is 0 Å². The SMILES string of the molecule is CC1OCCC1Nc1c(N)cnc2ccc(Br)cc12. The Balaban J connectivity index is 2.05. The number of ether oxygens (including phenoxy) is 1. The molecule has 1 fully saturated rings. The zero-order valence-corrected chi connectivity index (χ0v) is 12.3. The first-order valence-corrected chi connectivity index (χ1v) is 7.16. The van der Waals surface area contributed by atoms with E-state index in [0.29, 0.717) is 11.7 Å². The number of nitrogens with zero attached hydrogens (tertiary/aromatic N) is 1. The predicted octanol–water partition coefficient (Wildman–Crippen LogP) is 3.17. The maximum absolute atomic E-state index is 6.08. The lowest BCUT2D eigenvalue weighted by molar-refractivity contribution is 0.121. The highest BCUT2D eigenvalue weighted by Gasteiger charge is 2.25. The van der Waals surface area contributed by atoms with Crippen molar-refractivity contribution in [3.05, 3.63) is 28.9 Å². The average molecular weight is 322 g/mol. The number of hydrogen-bond donors (Lipinski definition) is 2. The fourth-order valence-electron chi connectivity index (χ4n) is 2.45. The molecule has 0 spiro atoms. The van der Waals surface area contributed by atoms with Crippen molar-refractivity contribution in [1.82, 2.24) is 4.98 Å². The second kappa shape index (κ2) is 4.98. The third-order valence-corrected chi connectivity index (χ3v) is 4.06. The van der Waals surface area contributed by atoms with E-state index in [4.69, 9.17) is 10.5 Å². The Hall–Kier alpha value is -1.33. The smallest absolute Gasteiger partial charge is 0.0748 e. The van der Waals surface area contributed by atoms with Crippen LogP contribution in [0.2, 0.25) is 0 Å². The van der Waals surface area contributed by atoms with Gasteiger partial charge in [-0.3, -0.25) is 4.98 Å². The van der Waals surface area contributed by atoms with E-state index >= 15 is 0 Å². The van der Waals surface area contributed by atoms with Gasteiger partial charge in [0.2, 0.25) is 0 Å². The molecule has 2 aromatic rings.